The van der Waals surface area contributed by atoms with Crippen LogP contribution in [0.25, 0.3) is 0 Å². The van der Waals surface area contributed by atoms with Gasteiger partial charge in [0, 0.05) is 27.3 Å². The minimum absolute atomic E-state index is 0.170. The lowest BCUT2D eigenvalue weighted by Crippen LogP contribution is -2.27. The van der Waals surface area contributed by atoms with E-state index in [1.807, 2.05) is 6.92 Å². The second-order valence-corrected chi connectivity index (χ2v) is 12.2. The zero-order valence-corrected chi connectivity index (χ0v) is 22.7. The molecule has 2 N–H and O–H groups in total. The molecule has 4 aromatic carbocycles. The summed E-state index contributed by atoms with van der Waals surface area (Å²) < 4.78 is 27.8. The minimum Gasteiger partial charge on any atom is -0.324 e. The fraction of sp³-hybridized carbons (Fsp3) is 0.100. The van der Waals surface area contributed by atoms with Crippen LogP contribution in [0.3, 0.4) is 0 Å². The largest absolute Gasteiger partial charge is 0.324 e. The van der Waals surface area contributed by atoms with Crippen molar-refractivity contribution in [3.63, 3.8) is 0 Å². The summed E-state index contributed by atoms with van der Waals surface area (Å²) in [5.74, 6) is -0.895. The summed E-state index contributed by atoms with van der Waals surface area (Å²) in [5, 5.41) is 2.27. The van der Waals surface area contributed by atoms with Crippen LogP contribution in [0.5, 0.6) is 0 Å². The number of ketones is 2. The molecule has 1 atom stereocenters. The van der Waals surface area contributed by atoms with Gasteiger partial charge in [-0.2, -0.15) is 0 Å². The van der Waals surface area contributed by atoms with Gasteiger partial charge in [-0.3, -0.25) is 19.1 Å². The molecule has 1 amide bonds. The lowest BCUT2D eigenvalue weighted by Gasteiger charge is -2.21. The van der Waals surface area contributed by atoms with E-state index in [0.29, 0.717) is 22.5 Å². The Morgan fingerprint density at radius 1 is 0.769 bits per heavy atom. The lowest BCUT2D eigenvalue weighted by atomic mass is 9.83. The third-order valence-electron chi connectivity index (χ3n) is 6.33. The Hall–Kier alpha value is -4.21. The van der Waals surface area contributed by atoms with Gasteiger partial charge in [0.05, 0.1) is 21.4 Å². The van der Waals surface area contributed by atoms with E-state index in [1.165, 1.54) is 11.8 Å². The second-order valence-electron chi connectivity index (χ2n) is 9.12. The molecule has 0 spiro atoms. The molecule has 1 aliphatic rings. The molecule has 0 radical (unpaired) electrons. The van der Waals surface area contributed by atoms with E-state index < -0.39 is 15.3 Å². The van der Waals surface area contributed by atoms with Gasteiger partial charge in [-0.1, -0.05) is 54.1 Å². The van der Waals surface area contributed by atoms with Crippen LogP contribution < -0.4 is 10.0 Å². The highest BCUT2D eigenvalue weighted by atomic mass is 32.2. The van der Waals surface area contributed by atoms with Gasteiger partial charge >= 0.3 is 0 Å². The van der Waals surface area contributed by atoms with Crippen LogP contribution >= 0.6 is 11.8 Å². The predicted molar refractivity (Wildman–Crippen MR) is 152 cm³/mol. The highest BCUT2D eigenvalue weighted by Gasteiger charge is 2.32. The van der Waals surface area contributed by atoms with Crippen molar-refractivity contribution >= 4 is 50.6 Å². The zero-order chi connectivity index (χ0) is 27.7. The Balaban J connectivity index is 1.27. The van der Waals surface area contributed by atoms with E-state index in [-0.39, 0.29) is 33.5 Å². The van der Waals surface area contributed by atoms with Crippen molar-refractivity contribution in [1.82, 2.24) is 0 Å². The maximum atomic E-state index is 13.2. The van der Waals surface area contributed by atoms with Gasteiger partial charge in [0.15, 0.2) is 11.6 Å². The van der Waals surface area contributed by atoms with Crippen LogP contribution in [-0.4, -0.2) is 31.1 Å². The number of benzene rings is 4. The van der Waals surface area contributed by atoms with E-state index in [2.05, 4.69) is 10.0 Å². The molecule has 1 unspecified atom stereocenters. The molecular weight excluding hydrogens is 532 g/mol. The van der Waals surface area contributed by atoms with Crippen molar-refractivity contribution in [2.45, 2.75) is 28.9 Å². The molecular formula is C30H24N2O5S2. The molecule has 0 aromatic heterocycles. The number of carbonyl (C=O) groups excluding carboxylic acids is 3. The standard InChI is InChI=1S/C30H24N2O5S2/c1-18-10-16-22(17-11-18)39(36,37)32-20-12-14-21(15-13-20)38-19(2)30(35)31-26-9-5-8-25-27(26)29(34)24-7-4-3-6-23(24)28(25)33/h3-17,19,32H,1-2H3,(H,31,35). The molecule has 0 saturated heterocycles. The Morgan fingerprint density at radius 2 is 1.38 bits per heavy atom. The zero-order valence-electron chi connectivity index (χ0n) is 21.1. The van der Waals surface area contributed by atoms with Gasteiger partial charge in [0.1, 0.15) is 0 Å². The third kappa shape index (κ3) is 5.36. The number of nitrogens with one attached hydrogen (secondary N) is 2. The number of anilines is 2. The summed E-state index contributed by atoms with van der Waals surface area (Å²) in [7, 11) is -3.72. The molecule has 7 nitrogen and oxygen atoms in total. The van der Waals surface area contributed by atoms with Gasteiger partial charge in [0.2, 0.25) is 5.91 Å². The molecule has 0 fully saturated rings. The Bertz CT molecular complexity index is 1710. The molecule has 9 heteroatoms. The van der Waals surface area contributed by atoms with E-state index in [9.17, 15) is 22.8 Å². The number of sulfonamides is 1. The first-order valence-electron chi connectivity index (χ1n) is 12.1. The summed E-state index contributed by atoms with van der Waals surface area (Å²) >= 11 is 1.28. The smallest absolute Gasteiger partial charge is 0.261 e. The van der Waals surface area contributed by atoms with Gasteiger partial charge in [-0.05, 0) is 56.3 Å². The van der Waals surface area contributed by atoms with E-state index in [4.69, 9.17) is 0 Å². The lowest BCUT2D eigenvalue weighted by molar-refractivity contribution is -0.115. The maximum Gasteiger partial charge on any atom is 0.261 e. The molecule has 196 valence electrons. The first-order chi connectivity index (χ1) is 18.6. The van der Waals surface area contributed by atoms with Crippen molar-refractivity contribution < 1.29 is 22.8 Å². The molecule has 0 saturated carbocycles. The third-order valence-corrected chi connectivity index (χ3v) is 8.84. The van der Waals surface area contributed by atoms with Gasteiger partial charge in [-0.25, -0.2) is 8.42 Å². The second kappa shape index (κ2) is 10.5. The normalized spacial score (nSPS) is 13.3. The minimum atomic E-state index is -3.72. The van der Waals surface area contributed by atoms with Crippen molar-refractivity contribution in [2.24, 2.45) is 0 Å². The van der Waals surface area contributed by atoms with Crippen LogP contribution in [0.15, 0.2) is 101 Å². The highest BCUT2D eigenvalue weighted by molar-refractivity contribution is 8.00. The Morgan fingerprint density at radius 3 is 2.05 bits per heavy atom. The predicted octanol–water partition coefficient (Wildman–Crippen LogP) is 5.69. The average Bonchev–Trinajstić information content (AvgIpc) is 2.93. The maximum absolute atomic E-state index is 13.2. The monoisotopic (exact) mass is 556 g/mol. The van der Waals surface area contributed by atoms with Gasteiger partial charge in [-0.15, -0.1) is 11.8 Å². The van der Waals surface area contributed by atoms with Crippen molar-refractivity contribution in [2.75, 3.05) is 10.0 Å². The molecule has 5 rings (SSSR count). The van der Waals surface area contributed by atoms with E-state index >= 15 is 0 Å². The van der Waals surface area contributed by atoms with Gasteiger partial charge in [0.25, 0.3) is 10.0 Å². The Labute approximate surface area is 230 Å². The number of fused-ring (bicyclic) bond motifs is 2. The van der Waals surface area contributed by atoms with Crippen LogP contribution in [0.1, 0.15) is 44.3 Å². The molecule has 0 aliphatic heterocycles. The molecule has 0 heterocycles. The van der Waals surface area contributed by atoms with Crippen LogP contribution in [0.4, 0.5) is 11.4 Å². The topological polar surface area (TPSA) is 109 Å². The fourth-order valence-electron chi connectivity index (χ4n) is 4.27. The molecule has 39 heavy (non-hydrogen) atoms. The van der Waals surface area contributed by atoms with Crippen molar-refractivity contribution in [3.05, 3.63) is 119 Å². The SMILES string of the molecule is Cc1ccc(S(=O)(=O)Nc2ccc(SC(C)C(=O)Nc3cccc4c3C(=O)c3ccccc3C4=O)cc2)cc1. The van der Waals surface area contributed by atoms with Crippen LogP contribution in [0.2, 0.25) is 0 Å². The summed E-state index contributed by atoms with van der Waals surface area (Å²) in [6, 6.07) is 24.8. The van der Waals surface area contributed by atoms with E-state index in [1.54, 1.807) is 97.9 Å². The number of hydrogen-bond donors (Lipinski definition) is 2. The average molecular weight is 557 g/mol. The summed E-state index contributed by atoms with van der Waals surface area (Å²) in [6.07, 6.45) is 0. The summed E-state index contributed by atoms with van der Waals surface area (Å²) in [6.45, 7) is 3.61. The molecule has 4 aromatic rings. The quantitative estimate of drug-likeness (QED) is 0.249. The summed E-state index contributed by atoms with van der Waals surface area (Å²) in [4.78, 5) is 40.1. The van der Waals surface area contributed by atoms with Crippen molar-refractivity contribution in [3.8, 4) is 0 Å². The first kappa shape index (κ1) is 26.4. The molecule has 1 aliphatic carbocycles. The van der Waals surface area contributed by atoms with Crippen LogP contribution in [0, 0.1) is 6.92 Å². The summed E-state index contributed by atoms with van der Waals surface area (Å²) in [5.41, 5.74) is 2.78. The van der Waals surface area contributed by atoms with Gasteiger partial charge < -0.3 is 5.32 Å². The number of hydrogen-bond acceptors (Lipinski definition) is 6. The number of carbonyl (C=O) groups is 3. The number of rotatable bonds is 7. The van der Waals surface area contributed by atoms with E-state index in [0.717, 1.165) is 10.5 Å². The number of aryl methyl sites for hydroxylation is 1. The Kier molecular flexibility index (Phi) is 7.12. The van der Waals surface area contributed by atoms with Crippen LogP contribution in [-0.2, 0) is 14.8 Å². The number of thioether (sulfide) groups is 1. The number of amides is 1. The first-order valence-corrected chi connectivity index (χ1v) is 14.5. The fourth-order valence-corrected chi connectivity index (χ4v) is 6.20. The molecule has 0 bridgehead atoms. The highest BCUT2D eigenvalue weighted by Crippen LogP contribution is 2.33. The van der Waals surface area contributed by atoms with Crippen molar-refractivity contribution in [1.29, 1.82) is 0 Å².